The molecule has 1 saturated heterocycles. The van der Waals surface area contributed by atoms with Gasteiger partial charge in [-0.15, -0.1) is 0 Å². The molecule has 0 saturated carbocycles. The third kappa shape index (κ3) is 3.66. The van der Waals surface area contributed by atoms with Crippen molar-refractivity contribution in [2.24, 2.45) is 5.92 Å². The number of rotatable bonds is 3. The van der Waals surface area contributed by atoms with Crippen LogP contribution >= 0.6 is 0 Å². The van der Waals surface area contributed by atoms with Gasteiger partial charge in [0.25, 0.3) is 0 Å². The van der Waals surface area contributed by atoms with E-state index in [0.717, 1.165) is 6.42 Å². The number of likely N-dealkylation sites (tertiary alicyclic amines) is 1. The van der Waals surface area contributed by atoms with Crippen LogP contribution < -0.4 is 0 Å². The average molecular weight is 239 g/mol. The molecule has 0 aromatic heterocycles. The monoisotopic (exact) mass is 239 g/mol. The van der Waals surface area contributed by atoms with Gasteiger partial charge >= 0.3 is 12.1 Å². The lowest BCUT2D eigenvalue weighted by molar-refractivity contribution is -0.194. The number of hydrogen-bond acceptors (Lipinski definition) is 2. The molecule has 0 radical (unpaired) electrons. The van der Waals surface area contributed by atoms with Gasteiger partial charge in [-0.2, -0.15) is 13.2 Å². The van der Waals surface area contributed by atoms with Crippen molar-refractivity contribution in [1.29, 1.82) is 0 Å². The second-order valence-corrected chi connectivity index (χ2v) is 4.40. The van der Waals surface area contributed by atoms with E-state index in [4.69, 9.17) is 5.11 Å². The lowest BCUT2D eigenvalue weighted by Gasteiger charge is -2.37. The van der Waals surface area contributed by atoms with Gasteiger partial charge < -0.3 is 5.11 Å². The summed E-state index contributed by atoms with van der Waals surface area (Å²) >= 11 is 0. The minimum Gasteiger partial charge on any atom is -0.481 e. The fourth-order valence-electron chi connectivity index (χ4n) is 2.13. The van der Waals surface area contributed by atoms with E-state index in [9.17, 15) is 18.0 Å². The SMILES string of the molecule is CC1CCCN(C(CC(=O)O)C(F)(F)F)C1. The first-order valence-corrected chi connectivity index (χ1v) is 5.33. The van der Waals surface area contributed by atoms with Gasteiger partial charge in [-0.25, -0.2) is 0 Å². The zero-order valence-electron chi connectivity index (χ0n) is 9.13. The lowest BCUT2D eigenvalue weighted by Crippen LogP contribution is -2.50. The van der Waals surface area contributed by atoms with Gasteiger partial charge in [0, 0.05) is 6.54 Å². The van der Waals surface area contributed by atoms with Crippen LogP contribution in [0.1, 0.15) is 26.2 Å². The molecule has 0 aliphatic carbocycles. The van der Waals surface area contributed by atoms with E-state index in [-0.39, 0.29) is 5.92 Å². The largest absolute Gasteiger partial charge is 0.481 e. The molecule has 1 aliphatic rings. The summed E-state index contributed by atoms with van der Waals surface area (Å²) in [7, 11) is 0. The fraction of sp³-hybridized carbons (Fsp3) is 0.900. The van der Waals surface area contributed by atoms with Crippen molar-refractivity contribution >= 4 is 5.97 Å². The Labute approximate surface area is 92.2 Å². The maximum Gasteiger partial charge on any atom is 0.404 e. The maximum absolute atomic E-state index is 12.7. The quantitative estimate of drug-likeness (QED) is 0.820. The Morgan fingerprint density at radius 3 is 2.62 bits per heavy atom. The number of nitrogens with zero attached hydrogens (tertiary/aromatic N) is 1. The minimum absolute atomic E-state index is 0.201. The third-order valence-corrected chi connectivity index (χ3v) is 2.88. The Morgan fingerprint density at radius 2 is 2.19 bits per heavy atom. The van der Waals surface area contributed by atoms with Crippen LogP contribution in [0.15, 0.2) is 0 Å². The van der Waals surface area contributed by atoms with E-state index in [2.05, 4.69) is 0 Å². The lowest BCUT2D eigenvalue weighted by atomic mass is 9.97. The number of carboxylic acids is 1. The average Bonchev–Trinajstić information content (AvgIpc) is 2.12. The highest BCUT2D eigenvalue weighted by molar-refractivity contribution is 5.67. The van der Waals surface area contributed by atoms with Crippen molar-refractivity contribution in [2.45, 2.75) is 38.4 Å². The Balaban J connectivity index is 2.71. The molecule has 0 spiro atoms. The number of piperidine rings is 1. The van der Waals surface area contributed by atoms with Crippen LogP contribution in [-0.2, 0) is 4.79 Å². The highest BCUT2D eigenvalue weighted by atomic mass is 19.4. The minimum atomic E-state index is -4.46. The van der Waals surface area contributed by atoms with Crippen molar-refractivity contribution in [1.82, 2.24) is 4.90 Å². The number of carboxylic acid groups (broad SMARTS) is 1. The van der Waals surface area contributed by atoms with Gasteiger partial charge in [0.1, 0.15) is 6.04 Å². The molecule has 16 heavy (non-hydrogen) atoms. The standard InChI is InChI=1S/C10H16F3NO2/c1-7-3-2-4-14(6-7)8(5-9(15)16)10(11,12)13/h7-8H,2-6H2,1H3,(H,15,16). The fourth-order valence-corrected chi connectivity index (χ4v) is 2.13. The number of halogens is 3. The second kappa shape index (κ2) is 5.03. The van der Waals surface area contributed by atoms with Gasteiger partial charge in [0.2, 0.25) is 0 Å². The summed E-state index contributed by atoms with van der Waals surface area (Å²) in [6.07, 6.45) is -3.72. The van der Waals surface area contributed by atoms with Crippen molar-refractivity contribution in [3.63, 3.8) is 0 Å². The molecule has 1 fully saturated rings. The summed E-state index contributed by atoms with van der Waals surface area (Å²) in [5.74, 6) is -1.20. The van der Waals surface area contributed by atoms with Gasteiger partial charge in [0.15, 0.2) is 0 Å². The van der Waals surface area contributed by atoms with E-state index in [1.807, 2.05) is 6.92 Å². The Kier molecular flexibility index (Phi) is 4.18. The van der Waals surface area contributed by atoms with Gasteiger partial charge in [-0.05, 0) is 25.3 Å². The zero-order valence-corrected chi connectivity index (χ0v) is 9.13. The maximum atomic E-state index is 12.7. The molecule has 1 N–H and O–H groups in total. The molecule has 6 heteroatoms. The molecule has 1 heterocycles. The first-order chi connectivity index (χ1) is 7.30. The summed E-state index contributed by atoms with van der Waals surface area (Å²) in [5.41, 5.74) is 0. The molecule has 0 amide bonds. The van der Waals surface area contributed by atoms with Crippen LogP contribution in [0.25, 0.3) is 0 Å². The second-order valence-electron chi connectivity index (χ2n) is 4.40. The summed E-state index contributed by atoms with van der Waals surface area (Å²) in [5, 5.41) is 8.52. The van der Waals surface area contributed by atoms with Gasteiger partial charge in [-0.3, -0.25) is 9.69 Å². The van der Waals surface area contributed by atoms with Gasteiger partial charge in [-0.1, -0.05) is 6.92 Å². The van der Waals surface area contributed by atoms with E-state index < -0.39 is 24.6 Å². The predicted molar refractivity (Wildman–Crippen MR) is 52.1 cm³/mol. The predicted octanol–water partition coefficient (Wildman–Crippen LogP) is 2.12. The van der Waals surface area contributed by atoms with Crippen molar-refractivity contribution in [3.05, 3.63) is 0 Å². The van der Waals surface area contributed by atoms with Crippen LogP contribution in [0.5, 0.6) is 0 Å². The van der Waals surface area contributed by atoms with E-state index in [1.54, 1.807) is 0 Å². The van der Waals surface area contributed by atoms with E-state index in [1.165, 1.54) is 4.90 Å². The number of aliphatic carboxylic acids is 1. The van der Waals surface area contributed by atoms with Crippen LogP contribution in [0, 0.1) is 5.92 Å². The molecule has 0 aromatic carbocycles. The molecule has 0 bridgehead atoms. The summed E-state index contributed by atoms with van der Waals surface area (Å²) in [4.78, 5) is 11.7. The Bertz CT molecular complexity index is 255. The van der Waals surface area contributed by atoms with Crippen LogP contribution in [0.3, 0.4) is 0 Å². The zero-order chi connectivity index (χ0) is 12.3. The Hall–Kier alpha value is -0.780. The van der Waals surface area contributed by atoms with Crippen LogP contribution in [0.2, 0.25) is 0 Å². The molecule has 2 atom stereocenters. The number of alkyl halides is 3. The van der Waals surface area contributed by atoms with Crippen molar-refractivity contribution < 1.29 is 23.1 Å². The molecule has 1 aliphatic heterocycles. The highest BCUT2D eigenvalue weighted by Crippen LogP contribution is 2.30. The molecule has 0 aromatic rings. The summed E-state index contributed by atoms with van der Waals surface area (Å²) < 4.78 is 38.1. The first-order valence-electron chi connectivity index (χ1n) is 5.33. The number of carbonyl (C=O) groups is 1. The topological polar surface area (TPSA) is 40.5 Å². The molecule has 2 unspecified atom stereocenters. The summed E-state index contributed by atoms with van der Waals surface area (Å²) in [6, 6.07) is -1.84. The van der Waals surface area contributed by atoms with Crippen molar-refractivity contribution in [2.75, 3.05) is 13.1 Å². The van der Waals surface area contributed by atoms with Crippen LogP contribution in [-0.4, -0.2) is 41.3 Å². The summed E-state index contributed by atoms with van der Waals surface area (Å²) in [6.45, 7) is 2.56. The normalized spacial score (nSPS) is 25.4. The molecular weight excluding hydrogens is 223 g/mol. The third-order valence-electron chi connectivity index (χ3n) is 2.88. The number of hydrogen-bond donors (Lipinski definition) is 1. The molecule has 1 rings (SSSR count). The van der Waals surface area contributed by atoms with Gasteiger partial charge in [0.05, 0.1) is 6.42 Å². The van der Waals surface area contributed by atoms with E-state index in [0.29, 0.717) is 19.5 Å². The van der Waals surface area contributed by atoms with E-state index >= 15 is 0 Å². The highest BCUT2D eigenvalue weighted by Gasteiger charge is 2.45. The molecule has 94 valence electrons. The first kappa shape index (κ1) is 13.3. The Morgan fingerprint density at radius 1 is 1.56 bits per heavy atom. The van der Waals surface area contributed by atoms with Crippen LogP contribution in [0.4, 0.5) is 13.2 Å². The molecular formula is C10H16F3NO2. The molecule has 3 nitrogen and oxygen atoms in total. The smallest absolute Gasteiger partial charge is 0.404 e. The van der Waals surface area contributed by atoms with Crippen molar-refractivity contribution in [3.8, 4) is 0 Å².